The van der Waals surface area contributed by atoms with E-state index in [-0.39, 0.29) is 11.9 Å². The Morgan fingerprint density at radius 2 is 2.05 bits per heavy atom. The van der Waals surface area contributed by atoms with Gasteiger partial charge < -0.3 is 15.2 Å². The molecule has 4 heteroatoms. The summed E-state index contributed by atoms with van der Waals surface area (Å²) in [6.07, 6.45) is 3.04. The zero-order valence-electron chi connectivity index (χ0n) is 13.1. The average Bonchev–Trinajstić information content (AvgIpc) is 2.83. The standard InChI is InChI=1S/C17H25N3O/c1-4-13(3)19-17(21)12-20-11-14(10-18-5-2)15-8-6-7-9-16(15)20/h6-9,11,13,18H,4-5,10,12H2,1-3H3,(H,19,21). The number of hydrogen-bond donors (Lipinski definition) is 2. The van der Waals surface area contributed by atoms with Crippen LogP contribution in [-0.2, 0) is 17.9 Å². The van der Waals surface area contributed by atoms with E-state index in [0.29, 0.717) is 6.54 Å². The van der Waals surface area contributed by atoms with Gasteiger partial charge in [-0.1, -0.05) is 32.0 Å². The van der Waals surface area contributed by atoms with Crippen LogP contribution in [0.2, 0.25) is 0 Å². The van der Waals surface area contributed by atoms with Crippen LogP contribution in [0.5, 0.6) is 0 Å². The highest BCUT2D eigenvalue weighted by Crippen LogP contribution is 2.21. The number of para-hydroxylation sites is 1. The third-order valence-corrected chi connectivity index (χ3v) is 3.77. The number of nitrogens with zero attached hydrogens (tertiary/aromatic N) is 1. The first-order valence-electron chi connectivity index (χ1n) is 7.72. The summed E-state index contributed by atoms with van der Waals surface area (Å²) in [5, 5.41) is 7.59. The zero-order valence-corrected chi connectivity index (χ0v) is 13.1. The van der Waals surface area contributed by atoms with Gasteiger partial charge in [0, 0.05) is 29.7 Å². The lowest BCUT2D eigenvalue weighted by molar-refractivity contribution is -0.122. The lowest BCUT2D eigenvalue weighted by atomic mass is 10.2. The second-order valence-corrected chi connectivity index (χ2v) is 5.46. The first-order valence-corrected chi connectivity index (χ1v) is 7.72. The van der Waals surface area contributed by atoms with E-state index < -0.39 is 0 Å². The Hall–Kier alpha value is -1.81. The summed E-state index contributed by atoms with van der Waals surface area (Å²) in [6.45, 7) is 8.34. The lowest BCUT2D eigenvalue weighted by Crippen LogP contribution is -2.34. The summed E-state index contributed by atoms with van der Waals surface area (Å²) in [6, 6.07) is 8.47. The number of nitrogens with one attached hydrogen (secondary N) is 2. The molecule has 0 spiro atoms. The van der Waals surface area contributed by atoms with Crippen molar-refractivity contribution in [3.05, 3.63) is 36.0 Å². The molecule has 114 valence electrons. The number of carbonyl (C=O) groups excluding carboxylic acids is 1. The molecule has 21 heavy (non-hydrogen) atoms. The number of amides is 1. The Morgan fingerprint density at radius 3 is 2.76 bits per heavy atom. The van der Waals surface area contributed by atoms with Crippen molar-refractivity contribution >= 4 is 16.8 Å². The van der Waals surface area contributed by atoms with E-state index >= 15 is 0 Å². The van der Waals surface area contributed by atoms with Gasteiger partial charge in [0.25, 0.3) is 0 Å². The number of carbonyl (C=O) groups is 1. The maximum absolute atomic E-state index is 12.1. The van der Waals surface area contributed by atoms with Crippen molar-refractivity contribution in [1.29, 1.82) is 0 Å². The molecule has 0 aliphatic heterocycles. The highest BCUT2D eigenvalue weighted by Gasteiger charge is 2.11. The van der Waals surface area contributed by atoms with Crippen molar-refractivity contribution in [3.63, 3.8) is 0 Å². The Bertz CT molecular complexity index is 603. The second kappa shape index (κ2) is 7.27. The minimum atomic E-state index is 0.0695. The van der Waals surface area contributed by atoms with Gasteiger partial charge in [-0.15, -0.1) is 0 Å². The third-order valence-electron chi connectivity index (χ3n) is 3.77. The Labute approximate surface area is 126 Å². The molecule has 0 bridgehead atoms. The number of fused-ring (bicyclic) bond motifs is 1. The van der Waals surface area contributed by atoms with Crippen LogP contribution in [0.15, 0.2) is 30.5 Å². The van der Waals surface area contributed by atoms with Gasteiger partial charge in [0.15, 0.2) is 0 Å². The highest BCUT2D eigenvalue weighted by atomic mass is 16.2. The van der Waals surface area contributed by atoms with Crippen molar-refractivity contribution < 1.29 is 4.79 Å². The molecule has 1 atom stereocenters. The minimum absolute atomic E-state index is 0.0695. The maximum atomic E-state index is 12.1. The Kier molecular flexibility index (Phi) is 5.39. The van der Waals surface area contributed by atoms with Crippen molar-refractivity contribution in [1.82, 2.24) is 15.2 Å². The molecule has 1 amide bonds. The van der Waals surface area contributed by atoms with Gasteiger partial charge in [-0.25, -0.2) is 0 Å². The highest BCUT2D eigenvalue weighted by molar-refractivity contribution is 5.86. The number of benzene rings is 1. The molecule has 0 saturated heterocycles. The van der Waals surface area contributed by atoms with E-state index in [4.69, 9.17) is 0 Å². The molecule has 0 aliphatic rings. The Morgan fingerprint density at radius 1 is 1.29 bits per heavy atom. The predicted molar refractivity (Wildman–Crippen MR) is 87.2 cm³/mol. The van der Waals surface area contributed by atoms with Crippen molar-refractivity contribution in [3.8, 4) is 0 Å². The molecular formula is C17H25N3O. The molecular weight excluding hydrogens is 262 g/mol. The van der Waals surface area contributed by atoms with Crippen LogP contribution < -0.4 is 10.6 Å². The summed E-state index contributed by atoms with van der Waals surface area (Å²) in [5.41, 5.74) is 2.36. The molecule has 0 saturated carbocycles. The summed E-state index contributed by atoms with van der Waals surface area (Å²) >= 11 is 0. The maximum Gasteiger partial charge on any atom is 0.240 e. The monoisotopic (exact) mass is 287 g/mol. The smallest absolute Gasteiger partial charge is 0.240 e. The van der Waals surface area contributed by atoms with Crippen molar-refractivity contribution in [2.75, 3.05) is 6.54 Å². The predicted octanol–water partition coefficient (Wildman–Crippen LogP) is 2.67. The molecule has 0 radical (unpaired) electrons. The molecule has 1 aromatic heterocycles. The van der Waals surface area contributed by atoms with Crippen LogP contribution in [-0.4, -0.2) is 23.1 Å². The van der Waals surface area contributed by atoms with Gasteiger partial charge in [-0.3, -0.25) is 4.79 Å². The summed E-state index contributed by atoms with van der Waals surface area (Å²) < 4.78 is 2.04. The van der Waals surface area contributed by atoms with Crippen LogP contribution in [0.1, 0.15) is 32.8 Å². The van der Waals surface area contributed by atoms with E-state index in [1.54, 1.807) is 0 Å². The van der Waals surface area contributed by atoms with E-state index in [0.717, 1.165) is 25.0 Å². The molecule has 2 rings (SSSR count). The van der Waals surface area contributed by atoms with E-state index in [1.165, 1.54) is 10.9 Å². The fourth-order valence-electron chi connectivity index (χ4n) is 2.43. The van der Waals surface area contributed by atoms with E-state index in [1.807, 2.05) is 23.6 Å². The number of rotatable bonds is 7. The fraction of sp³-hybridized carbons (Fsp3) is 0.471. The van der Waals surface area contributed by atoms with Gasteiger partial charge in [0.1, 0.15) is 6.54 Å². The third kappa shape index (κ3) is 3.85. The molecule has 1 heterocycles. The van der Waals surface area contributed by atoms with Crippen molar-refractivity contribution in [2.45, 2.75) is 46.3 Å². The quantitative estimate of drug-likeness (QED) is 0.822. The normalized spacial score (nSPS) is 12.5. The lowest BCUT2D eigenvalue weighted by Gasteiger charge is -2.12. The van der Waals surface area contributed by atoms with Gasteiger partial charge in [-0.2, -0.15) is 0 Å². The molecule has 0 fully saturated rings. The van der Waals surface area contributed by atoms with Gasteiger partial charge in [-0.05, 0) is 31.5 Å². The molecule has 2 N–H and O–H groups in total. The topological polar surface area (TPSA) is 46.1 Å². The number of aromatic nitrogens is 1. The van der Waals surface area contributed by atoms with Crippen LogP contribution in [0.25, 0.3) is 10.9 Å². The SMILES string of the molecule is CCNCc1cn(CC(=O)NC(C)CC)c2ccccc12. The summed E-state index contributed by atoms with van der Waals surface area (Å²) in [5.74, 6) is 0.0695. The molecule has 2 aromatic rings. The minimum Gasteiger partial charge on any atom is -0.352 e. The fourth-order valence-corrected chi connectivity index (χ4v) is 2.43. The van der Waals surface area contributed by atoms with E-state index in [2.05, 4.69) is 42.8 Å². The van der Waals surface area contributed by atoms with Crippen LogP contribution in [0.3, 0.4) is 0 Å². The van der Waals surface area contributed by atoms with Gasteiger partial charge in [0.05, 0.1) is 0 Å². The molecule has 1 unspecified atom stereocenters. The van der Waals surface area contributed by atoms with Crippen LogP contribution in [0, 0.1) is 0 Å². The summed E-state index contributed by atoms with van der Waals surface area (Å²) in [4.78, 5) is 12.1. The average molecular weight is 287 g/mol. The number of hydrogen-bond acceptors (Lipinski definition) is 2. The molecule has 0 aliphatic carbocycles. The first kappa shape index (κ1) is 15.6. The summed E-state index contributed by atoms with van der Waals surface area (Å²) in [7, 11) is 0. The van der Waals surface area contributed by atoms with Gasteiger partial charge >= 0.3 is 0 Å². The van der Waals surface area contributed by atoms with Crippen molar-refractivity contribution in [2.24, 2.45) is 0 Å². The first-order chi connectivity index (χ1) is 10.2. The largest absolute Gasteiger partial charge is 0.352 e. The molecule has 1 aromatic carbocycles. The zero-order chi connectivity index (χ0) is 15.2. The Balaban J connectivity index is 2.21. The second-order valence-electron chi connectivity index (χ2n) is 5.46. The molecule has 4 nitrogen and oxygen atoms in total. The van der Waals surface area contributed by atoms with Crippen LogP contribution >= 0.6 is 0 Å². The van der Waals surface area contributed by atoms with Gasteiger partial charge in [0.2, 0.25) is 5.91 Å². The van der Waals surface area contributed by atoms with Crippen LogP contribution in [0.4, 0.5) is 0 Å². The van der Waals surface area contributed by atoms with E-state index in [9.17, 15) is 4.79 Å².